The molecule has 0 aliphatic heterocycles. The molecule has 0 fully saturated rings. The second kappa shape index (κ2) is 21.0. The number of aryl methyl sites for hydroxylation is 1. The highest BCUT2D eigenvalue weighted by Gasteiger charge is 2.12. The van der Waals surface area contributed by atoms with Gasteiger partial charge in [0.05, 0.1) is 0 Å². The van der Waals surface area contributed by atoms with Crippen LogP contribution in [0, 0.1) is 0 Å². The van der Waals surface area contributed by atoms with Gasteiger partial charge in [0.25, 0.3) is 0 Å². The summed E-state index contributed by atoms with van der Waals surface area (Å²) in [5.41, 5.74) is 3.19. The molecule has 0 unspecified atom stereocenters. The summed E-state index contributed by atoms with van der Waals surface area (Å²) >= 11 is 0. The Morgan fingerprint density at radius 1 is 0.800 bits per heavy atom. The number of hydrogen-bond acceptors (Lipinski definition) is 0. The van der Waals surface area contributed by atoms with E-state index in [1.54, 1.807) is 0 Å². The minimum Gasteiger partial charge on any atom is -0.103 e. The largest absolute Gasteiger partial charge is 0.103 e. The van der Waals surface area contributed by atoms with Crippen LogP contribution >= 0.6 is 0 Å². The van der Waals surface area contributed by atoms with Crippen molar-refractivity contribution in [1.82, 2.24) is 0 Å². The molecule has 0 heteroatoms. The Labute approximate surface area is 161 Å². The molecule has 1 rings (SSSR count). The van der Waals surface area contributed by atoms with Gasteiger partial charge in [-0.2, -0.15) is 0 Å². The second-order valence-electron chi connectivity index (χ2n) is 7.10. The van der Waals surface area contributed by atoms with Crippen molar-refractivity contribution in [3.05, 3.63) is 48.0 Å². The minimum absolute atomic E-state index is 0.280. The van der Waals surface area contributed by atoms with Crippen LogP contribution < -0.4 is 0 Å². The average Bonchev–Trinajstić information content (AvgIpc) is 2.64. The molecule has 148 valence electrons. The maximum atomic E-state index is 3.48. The summed E-state index contributed by atoms with van der Waals surface area (Å²) in [6, 6.07) is 9.13. The summed E-state index contributed by atoms with van der Waals surface area (Å²) in [5, 5.41) is 0. The molecule has 0 radical (unpaired) electrons. The highest BCUT2D eigenvalue weighted by Crippen LogP contribution is 2.22. The maximum Gasteiger partial charge on any atom is -0.0132 e. The Morgan fingerprint density at radius 2 is 1.24 bits per heavy atom. The summed E-state index contributed by atoms with van der Waals surface area (Å²) in [5.74, 6) is 0. The summed E-state index contributed by atoms with van der Waals surface area (Å²) in [4.78, 5) is 0. The van der Waals surface area contributed by atoms with Crippen LogP contribution in [-0.4, -0.2) is 0 Å². The van der Waals surface area contributed by atoms with Gasteiger partial charge in [-0.3, -0.25) is 0 Å². The predicted octanol–water partition coefficient (Wildman–Crippen LogP) is 9.13. The first-order valence-corrected chi connectivity index (χ1v) is 10.6. The Bertz CT molecular complexity index is 349. The van der Waals surface area contributed by atoms with Crippen molar-refractivity contribution < 1.29 is 0 Å². The lowest BCUT2D eigenvalue weighted by atomic mass is 9.86. The molecule has 0 nitrogen and oxygen atoms in total. The topological polar surface area (TPSA) is 0 Å². The Hall–Kier alpha value is -1.04. The van der Waals surface area contributed by atoms with Crippen LogP contribution in [-0.2, 0) is 11.8 Å². The molecule has 1 aromatic carbocycles. The predicted molar refractivity (Wildman–Crippen MR) is 121 cm³/mol. The SMILES string of the molecule is C=CCC.CC.CCCC.CCCCCc1ccc(C(C)(C)C)cc1. The summed E-state index contributed by atoms with van der Waals surface area (Å²) in [7, 11) is 0. The zero-order valence-corrected chi connectivity index (χ0v) is 19.0. The van der Waals surface area contributed by atoms with Gasteiger partial charge in [0, 0.05) is 0 Å². The van der Waals surface area contributed by atoms with Gasteiger partial charge in [-0.15, -0.1) is 6.58 Å². The average molecular weight is 349 g/mol. The number of hydrogen-bond donors (Lipinski definition) is 0. The van der Waals surface area contributed by atoms with Crippen LogP contribution in [0.15, 0.2) is 36.9 Å². The highest BCUT2D eigenvalue weighted by molar-refractivity contribution is 5.27. The standard InChI is InChI=1S/C15H24.C4H10.C4H8.C2H6/c1-5-6-7-8-13-9-11-14(12-10-13)15(2,3)4;2*1-3-4-2;1-2/h9-12H,5-8H2,1-4H3;3-4H2,1-2H3;3H,1,4H2,2H3;1-2H3. The lowest BCUT2D eigenvalue weighted by Gasteiger charge is -2.19. The molecule has 0 atom stereocenters. The molecule has 0 amide bonds. The van der Waals surface area contributed by atoms with Crippen LogP contribution in [0.25, 0.3) is 0 Å². The van der Waals surface area contributed by atoms with Crippen molar-refractivity contribution in [3.8, 4) is 0 Å². The van der Waals surface area contributed by atoms with Crippen molar-refractivity contribution in [2.24, 2.45) is 0 Å². The summed E-state index contributed by atoms with van der Waals surface area (Å²) in [6.07, 6.45) is 10.8. The maximum absolute atomic E-state index is 3.48. The first-order chi connectivity index (χ1) is 11.9. The van der Waals surface area contributed by atoms with E-state index < -0.39 is 0 Å². The van der Waals surface area contributed by atoms with E-state index in [2.05, 4.69) is 79.3 Å². The summed E-state index contributed by atoms with van der Waals surface area (Å²) in [6.45, 7) is 22.9. The normalized spacial score (nSPS) is 9.48. The molecule has 0 bridgehead atoms. The number of rotatable bonds is 6. The fourth-order valence-corrected chi connectivity index (χ4v) is 1.75. The Kier molecular flexibility index (Phi) is 24.2. The van der Waals surface area contributed by atoms with Gasteiger partial charge in [-0.05, 0) is 35.8 Å². The molecule has 0 aliphatic carbocycles. The molecule has 25 heavy (non-hydrogen) atoms. The zero-order chi connectivity index (χ0) is 20.1. The smallest absolute Gasteiger partial charge is 0.0132 e. The fourth-order valence-electron chi connectivity index (χ4n) is 1.75. The molecule has 0 heterocycles. The van der Waals surface area contributed by atoms with Crippen LogP contribution in [0.5, 0.6) is 0 Å². The van der Waals surface area contributed by atoms with Gasteiger partial charge >= 0.3 is 0 Å². The van der Waals surface area contributed by atoms with Crippen molar-refractivity contribution in [2.45, 2.75) is 113 Å². The third kappa shape index (κ3) is 20.9. The van der Waals surface area contributed by atoms with E-state index in [9.17, 15) is 0 Å². The Morgan fingerprint density at radius 3 is 1.52 bits per heavy atom. The Balaban J connectivity index is -0.000000402. The quantitative estimate of drug-likeness (QED) is 0.355. The van der Waals surface area contributed by atoms with Crippen LogP contribution in [0.3, 0.4) is 0 Å². The minimum atomic E-state index is 0.280. The van der Waals surface area contributed by atoms with E-state index >= 15 is 0 Å². The van der Waals surface area contributed by atoms with Gasteiger partial charge in [0.15, 0.2) is 0 Å². The van der Waals surface area contributed by atoms with Crippen molar-refractivity contribution >= 4 is 0 Å². The van der Waals surface area contributed by atoms with Gasteiger partial charge < -0.3 is 0 Å². The van der Waals surface area contributed by atoms with Crippen LogP contribution in [0.4, 0.5) is 0 Å². The zero-order valence-electron chi connectivity index (χ0n) is 19.0. The van der Waals surface area contributed by atoms with E-state index in [0.717, 1.165) is 6.42 Å². The monoisotopic (exact) mass is 348 g/mol. The van der Waals surface area contributed by atoms with Crippen LogP contribution in [0.1, 0.15) is 112 Å². The molecule has 0 saturated carbocycles. The molecule has 0 N–H and O–H groups in total. The first-order valence-electron chi connectivity index (χ1n) is 10.6. The van der Waals surface area contributed by atoms with Gasteiger partial charge in [0.1, 0.15) is 0 Å². The molecule has 0 spiro atoms. The van der Waals surface area contributed by atoms with E-state index in [1.165, 1.54) is 49.7 Å². The van der Waals surface area contributed by atoms with E-state index in [1.807, 2.05) is 19.9 Å². The van der Waals surface area contributed by atoms with E-state index in [-0.39, 0.29) is 5.41 Å². The molecule has 0 aliphatic rings. The summed E-state index contributed by atoms with van der Waals surface area (Å²) < 4.78 is 0. The first kappa shape index (κ1) is 28.8. The fraction of sp³-hybridized carbons (Fsp3) is 0.680. The molecular weight excluding hydrogens is 300 g/mol. The van der Waals surface area contributed by atoms with E-state index in [4.69, 9.17) is 0 Å². The molecular formula is C25H48. The number of benzene rings is 1. The second-order valence-corrected chi connectivity index (χ2v) is 7.10. The highest BCUT2D eigenvalue weighted by atomic mass is 14.2. The van der Waals surface area contributed by atoms with Crippen LogP contribution in [0.2, 0.25) is 0 Å². The van der Waals surface area contributed by atoms with Gasteiger partial charge in [0.2, 0.25) is 0 Å². The lowest BCUT2D eigenvalue weighted by Crippen LogP contribution is -2.10. The van der Waals surface area contributed by atoms with E-state index in [0.29, 0.717) is 0 Å². The van der Waals surface area contributed by atoms with Gasteiger partial charge in [-0.1, -0.05) is 118 Å². The lowest BCUT2D eigenvalue weighted by molar-refractivity contribution is 0.589. The third-order valence-electron chi connectivity index (χ3n) is 3.68. The van der Waals surface area contributed by atoms with Crippen molar-refractivity contribution in [2.75, 3.05) is 0 Å². The van der Waals surface area contributed by atoms with Crippen molar-refractivity contribution in [1.29, 1.82) is 0 Å². The molecule has 0 saturated heterocycles. The molecule has 1 aromatic rings. The van der Waals surface area contributed by atoms with Crippen molar-refractivity contribution in [3.63, 3.8) is 0 Å². The third-order valence-corrected chi connectivity index (χ3v) is 3.68. The van der Waals surface area contributed by atoms with Gasteiger partial charge in [-0.25, -0.2) is 0 Å². The number of allylic oxidation sites excluding steroid dienone is 1. The number of unbranched alkanes of at least 4 members (excludes halogenated alkanes) is 3. The molecule has 0 aromatic heterocycles.